The lowest BCUT2D eigenvalue weighted by Crippen LogP contribution is -2.15. The minimum Gasteiger partial charge on any atom is -0.330 e. The van der Waals surface area contributed by atoms with Crippen LogP contribution in [0.2, 0.25) is 0 Å². The summed E-state index contributed by atoms with van der Waals surface area (Å²) in [4.78, 5) is 12.3. The molecule has 0 bridgehead atoms. The number of amides is 1. The van der Waals surface area contributed by atoms with Crippen LogP contribution < -0.4 is 10.6 Å². The fourth-order valence-electron chi connectivity index (χ4n) is 2.77. The molecule has 3 aromatic rings. The van der Waals surface area contributed by atoms with Crippen molar-refractivity contribution in [2.24, 2.45) is 0 Å². The third-order valence-electron chi connectivity index (χ3n) is 4.60. The molecule has 0 aliphatic rings. The minimum absolute atomic E-state index is 0.0579. The Hall–Kier alpha value is -2.38. The molecule has 0 aliphatic carbocycles. The number of hydrogen-bond acceptors (Lipinski definition) is 6. The third kappa shape index (κ3) is 6.31. The number of anilines is 3. The van der Waals surface area contributed by atoms with Gasteiger partial charge in [0.25, 0.3) is 0 Å². The summed E-state index contributed by atoms with van der Waals surface area (Å²) >= 11 is 2.83. The molecule has 158 valence electrons. The Balaban J connectivity index is 1.49. The van der Waals surface area contributed by atoms with Crippen LogP contribution in [-0.4, -0.2) is 21.9 Å². The van der Waals surface area contributed by atoms with Crippen LogP contribution in [0, 0.1) is 0 Å². The van der Waals surface area contributed by atoms with E-state index in [4.69, 9.17) is 0 Å². The van der Waals surface area contributed by atoms with Gasteiger partial charge in [-0.1, -0.05) is 82.0 Å². The van der Waals surface area contributed by atoms with Gasteiger partial charge in [-0.15, -0.1) is 10.2 Å². The molecule has 1 aromatic heterocycles. The Morgan fingerprint density at radius 3 is 2.23 bits per heavy atom. The van der Waals surface area contributed by atoms with Crippen LogP contribution in [0.4, 0.5) is 16.5 Å². The van der Waals surface area contributed by atoms with Gasteiger partial charge in [-0.25, -0.2) is 0 Å². The lowest BCUT2D eigenvalue weighted by molar-refractivity contribution is -0.113. The molecule has 0 atom stereocenters. The van der Waals surface area contributed by atoms with E-state index in [-0.39, 0.29) is 11.3 Å². The normalized spacial score (nSPS) is 11.5. The second-order valence-corrected chi connectivity index (χ2v) is 10.6. The van der Waals surface area contributed by atoms with Crippen molar-refractivity contribution in [3.63, 3.8) is 0 Å². The standard InChI is InChI=1S/C23H28N4OS2/c1-15(2)16-6-10-19(11-7-16)25-21-26-27-22(30-21)29-14-20(28)24-18-12-8-17(9-13-18)23(3,4)5/h6-13,15H,14H2,1-5H3,(H,24,28)(H,25,26). The molecular formula is C23H28N4OS2. The first-order valence-corrected chi connectivity index (χ1v) is 11.7. The summed E-state index contributed by atoms with van der Waals surface area (Å²) in [6.45, 7) is 10.9. The molecule has 3 rings (SSSR count). The fraction of sp³-hybridized carbons (Fsp3) is 0.348. The molecule has 0 fully saturated rings. The number of carbonyl (C=O) groups excluding carboxylic acids is 1. The van der Waals surface area contributed by atoms with Gasteiger partial charge in [-0.2, -0.15) is 0 Å². The summed E-state index contributed by atoms with van der Waals surface area (Å²) in [6, 6.07) is 16.3. The van der Waals surface area contributed by atoms with Crippen molar-refractivity contribution in [1.29, 1.82) is 0 Å². The van der Waals surface area contributed by atoms with E-state index in [0.29, 0.717) is 16.8 Å². The minimum atomic E-state index is -0.0579. The molecule has 7 heteroatoms. The summed E-state index contributed by atoms with van der Waals surface area (Å²) < 4.78 is 0.759. The predicted molar refractivity (Wildman–Crippen MR) is 128 cm³/mol. The number of hydrogen-bond donors (Lipinski definition) is 2. The van der Waals surface area contributed by atoms with E-state index in [1.807, 2.05) is 24.3 Å². The summed E-state index contributed by atoms with van der Waals surface area (Å²) in [6.07, 6.45) is 0. The van der Waals surface area contributed by atoms with Crippen LogP contribution >= 0.6 is 23.1 Å². The predicted octanol–water partition coefficient (Wildman–Crippen LogP) is 6.43. The van der Waals surface area contributed by atoms with E-state index in [9.17, 15) is 4.79 Å². The van der Waals surface area contributed by atoms with Crippen molar-refractivity contribution in [1.82, 2.24) is 10.2 Å². The van der Waals surface area contributed by atoms with E-state index >= 15 is 0 Å². The summed E-state index contributed by atoms with van der Waals surface area (Å²) in [5.41, 5.74) is 4.41. The third-order valence-corrected chi connectivity index (χ3v) is 6.57. The number of benzene rings is 2. The molecule has 0 aliphatic heterocycles. The molecule has 1 amide bonds. The second-order valence-electron chi connectivity index (χ2n) is 8.44. The second kappa shape index (κ2) is 9.62. The van der Waals surface area contributed by atoms with Crippen molar-refractivity contribution in [2.75, 3.05) is 16.4 Å². The molecule has 0 unspecified atom stereocenters. The SMILES string of the molecule is CC(C)c1ccc(Nc2nnc(SCC(=O)Nc3ccc(C(C)(C)C)cc3)s2)cc1. The monoisotopic (exact) mass is 440 g/mol. The number of nitrogens with one attached hydrogen (secondary N) is 2. The number of thioether (sulfide) groups is 1. The highest BCUT2D eigenvalue weighted by Crippen LogP contribution is 2.28. The van der Waals surface area contributed by atoms with E-state index in [1.165, 1.54) is 34.2 Å². The van der Waals surface area contributed by atoms with Crippen molar-refractivity contribution >= 4 is 45.5 Å². The lowest BCUT2D eigenvalue weighted by atomic mass is 9.87. The summed E-state index contributed by atoms with van der Waals surface area (Å²) in [5.74, 6) is 0.738. The smallest absolute Gasteiger partial charge is 0.234 e. The van der Waals surface area contributed by atoms with Gasteiger partial charge in [0.2, 0.25) is 11.0 Å². The molecule has 0 radical (unpaired) electrons. The first-order valence-electron chi connectivity index (χ1n) is 9.94. The Bertz CT molecular complexity index is 974. The maximum atomic E-state index is 12.3. The Labute approximate surface area is 186 Å². The molecule has 0 spiro atoms. The van der Waals surface area contributed by atoms with Crippen LogP contribution in [-0.2, 0) is 10.2 Å². The quantitative estimate of drug-likeness (QED) is 0.414. The maximum absolute atomic E-state index is 12.3. The summed E-state index contributed by atoms with van der Waals surface area (Å²) in [7, 11) is 0. The van der Waals surface area contributed by atoms with Gasteiger partial charge in [-0.3, -0.25) is 4.79 Å². The molecule has 1 heterocycles. The zero-order valence-electron chi connectivity index (χ0n) is 18.0. The van der Waals surface area contributed by atoms with Crippen LogP contribution in [0.25, 0.3) is 0 Å². The molecule has 0 saturated heterocycles. The van der Waals surface area contributed by atoms with Crippen LogP contribution in [0.1, 0.15) is 51.7 Å². The van der Waals surface area contributed by atoms with Gasteiger partial charge in [0, 0.05) is 11.4 Å². The zero-order chi connectivity index (χ0) is 21.7. The van der Waals surface area contributed by atoms with Gasteiger partial charge >= 0.3 is 0 Å². The Morgan fingerprint density at radius 1 is 1.00 bits per heavy atom. The van der Waals surface area contributed by atoms with Gasteiger partial charge in [0.05, 0.1) is 5.75 Å². The lowest BCUT2D eigenvalue weighted by Gasteiger charge is -2.19. The van der Waals surface area contributed by atoms with Crippen molar-refractivity contribution in [3.8, 4) is 0 Å². The zero-order valence-corrected chi connectivity index (χ0v) is 19.7. The fourth-order valence-corrected chi connectivity index (χ4v) is 4.34. The first-order chi connectivity index (χ1) is 14.2. The number of rotatable bonds is 7. The molecular weight excluding hydrogens is 412 g/mol. The molecule has 30 heavy (non-hydrogen) atoms. The number of carbonyl (C=O) groups is 1. The molecule has 0 saturated carbocycles. The highest BCUT2D eigenvalue weighted by Gasteiger charge is 2.13. The molecule has 2 aromatic carbocycles. The first kappa shape index (κ1) is 22.3. The van der Waals surface area contributed by atoms with Gasteiger partial charge < -0.3 is 10.6 Å². The number of aromatic nitrogens is 2. The van der Waals surface area contributed by atoms with E-state index in [1.54, 1.807) is 0 Å². The van der Waals surface area contributed by atoms with Crippen molar-refractivity contribution < 1.29 is 4.79 Å². The largest absolute Gasteiger partial charge is 0.330 e. The van der Waals surface area contributed by atoms with Gasteiger partial charge in [0.1, 0.15) is 0 Å². The van der Waals surface area contributed by atoms with E-state index in [2.05, 4.69) is 79.7 Å². The average Bonchev–Trinajstić information content (AvgIpc) is 3.14. The number of nitrogens with zero attached hydrogens (tertiary/aromatic N) is 2. The van der Waals surface area contributed by atoms with E-state index < -0.39 is 0 Å². The van der Waals surface area contributed by atoms with Gasteiger partial charge in [0.15, 0.2) is 4.34 Å². The molecule has 5 nitrogen and oxygen atoms in total. The summed E-state index contributed by atoms with van der Waals surface area (Å²) in [5, 5.41) is 15.2. The van der Waals surface area contributed by atoms with Crippen LogP contribution in [0.15, 0.2) is 52.9 Å². The van der Waals surface area contributed by atoms with Crippen LogP contribution in [0.5, 0.6) is 0 Å². The van der Waals surface area contributed by atoms with Gasteiger partial charge in [-0.05, 0) is 46.7 Å². The van der Waals surface area contributed by atoms with Crippen molar-refractivity contribution in [3.05, 3.63) is 59.7 Å². The Kier molecular flexibility index (Phi) is 7.15. The Morgan fingerprint density at radius 2 is 1.63 bits per heavy atom. The highest BCUT2D eigenvalue weighted by atomic mass is 32.2. The van der Waals surface area contributed by atoms with Crippen molar-refractivity contribution in [2.45, 2.75) is 50.3 Å². The molecule has 2 N–H and O–H groups in total. The van der Waals surface area contributed by atoms with Crippen LogP contribution in [0.3, 0.4) is 0 Å². The highest BCUT2D eigenvalue weighted by molar-refractivity contribution is 8.01. The van der Waals surface area contributed by atoms with E-state index in [0.717, 1.165) is 15.7 Å². The average molecular weight is 441 g/mol. The topological polar surface area (TPSA) is 66.9 Å². The maximum Gasteiger partial charge on any atom is 0.234 e.